The topological polar surface area (TPSA) is 74.1 Å². The Morgan fingerprint density at radius 2 is 1.91 bits per heavy atom. The first-order valence-corrected chi connectivity index (χ1v) is 12.0. The van der Waals surface area contributed by atoms with Crippen molar-refractivity contribution in [2.75, 3.05) is 18.9 Å². The quantitative estimate of drug-likeness (QED) is 0.256. The molecule has 0 amide bonds. The molecule has 3 rings (SSSR count). The van der Waals surface area contributed by atoms with E-state index in [0.717, 1.165) is 57.5 Å². The molecule has 0 spiro atoms. The van der Waals surface area contributed by atoms with E-state index in [2.05, 4.69) is 74.0 Å². The summed E-state index contributed by atoms with van der Waals surface area (Å²) >= 11 is 5.32. The fourth-order valence-electron chi connectivity index (χ4n) is 2.90. The van der Waals surface area contributed by atoms with Gasteiger partial charge in [-0.05, 0) is 76.4 Å². The molecule has 0 bridgehead atoms. The normalized spacial score (nSPS) is 10.6. The molecule has 1 aromatic heterocycles. The van der Waals surface area contributed by atoms with E-state index in [4.69, 9.17) is 9.47 Å². The van der Waals surface area contributed by atoms with Gasteiger partial charge in [-0.15, -0.1) is 17.5 Å². The smallest absolute Gasteiger partial charge is 0.209 e. The van der Waals surface area contributed by atoms with Gasteiger partial charge in [-0.2, -0.15) is 0 Å². The van der Waals surface area contributed by atoms with Gasteiger partial charge in [0.25, 0.3) is 0 Å². The van der Waals surface area contributed by atoms with E-state index in [1.807, 2.05) is 20.0 Å². The summed E-state index contributed by atoms with van der Waals surface area (Å²) in [5.41, 5.74) is 3.50. The van der Waals surface area contributed by atoms with Crippen molar-refractivity contribution in [3.8, 4) is 11.5 Å². The third kappa shape index (κ3) is 7.95. The fourth-order valence-corrected chi connectivity index (χ4v) is 4.30. The molecule has 32 heavy (non-hydrogen) atoms. The van der Waals surface area contributed by atoms with Crippen LogP contribution in [-0.2, 0) is 20.2 Å². The molecular formula is C22H29BrClN5O2S. The summed E-state index contributed by atoms with van der Waals surface area (Å²) in [6, 6.07) is 12.5. The maximum atomic E-state index is 6.09. The van der Waals surface area contributed by atoms with Crippen molar-refractivity contribution in [2.24, 2.45) is 7.05 Å². The van der Waals surface area contributed by atoms with Gasteiger partial charge in [0, 0.05) is 19.3 Å². The summed E-state index contributed by atoms with van der Waals surface area (Å²) in [6.07, 6.45) is 1.02. The molecule has 1 heterocycles. The Morgan fingerprint density at radius 3 is 2.59 bits per heavy atom. The van der Waals surface area contributed by atoms with E-state index in [1.165, 1.54) is 5.56 Å². The number of tetrazole rings is 1. The standard InChI is InChI=1S/C22H28BrN5O2S.ClH/c1-4-29-20-13-18(14-24-10-5-11-31-22-25-26-27-28(22)3)12-19(23)21(20)30-15-17-8-6-16(2)7-9-17;/h6-9,12-13,24H,4-5,10-11,14-15H2,1-3H3;1H. The summed E-state index contributed by atoms with van der Waals surface area (Å²) in [5, 5.41) is 15.8. The van der Waals surface area contributed by atoms with Crippen molar-refractivity contribution in [3.63, 3.8) is 0 Å². The number of benzene rings is 2. The highest BCUT2D eigenvalue weighted by atomic mass is 79.9. The number of hydrogen-bond acceptors (Lipinski definition) is 7. The molecule has 0 aliphatic rings. The average Bonchev–Trinajstić information content (AvgIpc) is 3.16. The minimum atomic E-state index is 0. The molecule has 7 nitrogen and oxygen atoms in total. The minimum absolute atomic E-state index is 0. The van der Waals surface area contributed by atoms with Gasteiger partial charge in [-0.3, -0.25) is 0 Å². The maximum absolute atomic E-state index is 6.09. The minimum Gasteiger partial charge on any atom is -0.490 e. The summed E-state index contributed by atoms with van der Waals surface area (Å²) < 4.78 is 14.5. The average molecular weight is 543 g/mol. The van der Waals surface area contributed by atoms with Gasteiger partial charge in [-0.25, -0.2) is 4.68 Å². The number of aromatic nitrogens is 4. The van der Waals surface area contributed by atoms with Crippen LogP contribution >= 0.6 is 40.1 Å². The Balaban J connectivity index is 0.00000363. The molecule has 2 aromatic carbocycles. The van der Waals surface area contributed by atoms with Crippen molar-refractivity contribution in [3.05, 3.63) is 57.6 Å². The number of aryl methyl sites for hydroxylation is 2. The molecule has 0 aliphatic carbocycles. The van der Waals surface area contributed by atoms with Crippen LogP contribution in [0.4, 0.5) is 0 Å². The fraction of sp³-hybridized carbons (Fsp3) is 0.409. The molecule has 10 heteroatoms. The van der Waals surface area contributed by atoms with Crippen LogP contribution in [0.2, 0.25) is 0 Å². The van der Waals surface area contributed by atoms with Gasteiger partial charge in [0.1, 0.15) is 6.61 Å². The summed E-state index contributed by atoms with van der Waals surface area (Å²) in [7, 11) is 1.85. The van der Waals surface area contributed by atoms with E-state index >= 15 is 0 Å². The monoisotopic (exact) mass is 541 g/mol. The molecule has 0 atom stereocenters. The van der Waals surface area contributed by atoms with Crippen LogP contribution in [-0.4, -0.2) is 39.1 Å². The Labute approximate surface area is 208 Å². The summed E-state index contributed by atoms with van der Waals surface area (Å²) in [4.78, 5) is 0. The third-order valence-electron chi connectivity index (χ3n) is 4.51. The van der Waals surface area contributed by atoms with Gasteiger partial charge in [0.05, 0.1) is 11.1 Å². The zero-order valence-corrected chi connectivity index (χ0v) is 21.7. The van der Waals surface area contributed by atoms with E-state index in [0.29, 0.717) is 13.2 Å². The van der Waals surface area contributed by atoms with Crippen molar-refractivity contribution >= 4 is 40.1 Å². The van der Waals surface area contributed by atoms with Crippen molar-refractivity contribution in [2.45, 2.75) is 38.6 Å². The van der Waals surface area contributed by atoms with E-state index in [-0.39, 0.29) is 12.4 Å². The first-order chi connectivity index (χ1) is 15.1. The highest BCUT2D eigenvalue weighted by Gasteiger charge is 2.13. The number of nitrogens with zero attached hydrogens (tertiary/aromatic N) is 4. The molecule has 0 aliphatic heterocycles. The van der Waals surface area contributed by atoms with Gasteiger partial charge in [-0.1, -0.05) is 41.6 Å². The van der Waals surface area contributed by atoms with Gasteiger partial charge < -0.3 is 14.8 Å². The molecule has 0 saturated carbocycles. The van der Waals surface area contributed by atoms with Gasteiger partial charge in [0.15, 0.2) is 11.5 Å². The van der Waals surface area contributed by atoms with Crippen LogP contribution in [0.3, 0.4) is 0 Å². The lowest BCUT2D eigenvalue weighted by molar-refractivity contribution is 0.267. The Hall–Kier alpha value is -1.81. The highest BCUT2D eigenvalue weighted by molar-refractivity contribution is 9.10. The van der Waals surface area contributed by atoms with Crippen LogP contribution in [0, 0.1) is 6.92 Å². The molecule has 1 N–H and O–H groups in total. The molecule has 0 fully saturated rings. The number of thioether (sulfide) groups is 1. The lowest BCUT2D eigenvalue weighted by atomic mass is 10.1. The van der Waals surface area contributed by atoms with Crippen LogP contribution in [0.5, 0.6) is 11.5 Å². The van der Waals surface area contributed by atoms with E-state index in [1.54, 1.807) is 16.4 Å². The molecular weight excluding hydrogens is 514 g/mol. The SMILES string of the molecule is CCOc1cc(CNCCCSc2nnnn2C)cc(Br)c1OCc1ccc(C)cc1.Cl. The second-order valence-corrected chi connectivity index (χ2v) is 8.99. The number of halogens is 2. The number of nitrogens with one attached hydrogen (secondary N) is 1. The third-order valence-corrected chi connectivity index (χ3v) is 6.20. The first kappa shape index (κ1) is 26.4. The maximum Gasteiger partial charge on any atom is 0.209 e. The Bertz CT molecular complexity index is 971. The van der Waals surface area contributed by atoms with Crippen LogP contribution in [0.15, 0.2) is 46.0 Å². The molecule has 0 unspecified atom stereocenters. The predicted molar refractivity (Wildman–Crippen MR) is 134 cm³/mol. The second kappa shape index (κ2) is 13.7. The Kier molecular flexibility index (Phi) is 11.3. The van der Waals surface area contributed by atoms with Gasteiger partial charge in [0.2, 0.25) is 5.16 Å². The largest absolute Gasteiger partial charge is 0.490 e. The summed E-state index contributed by atoms with van der Waals surface area (Å²) in [5.74, 6) is 2.45. The van der Waals surface area contributed by atoms with Crippen LogP contribution < -0.4 is 14.8 Å². The summed E-state index contributed by atoms with van der Waals surface area (Å²) in [6.45, 7) is 6.80. The van der Waals surface area contributed by atoms with Crippen molar-refractivity contribution in [1.82, 2.24) is 25.5 Å². The lowest BCUT2D eigenvalue weighted by Crippen LogP contribution is -2.15. The van der Waals surface area contributed by atoms with E-state index < -0.39 is 0 Å². The molecule has 0 radical (unpaired) electrons. The second-order valence-electron chi connectivity index (χ2n) is 7.08. The number of rotatable bonds is 12. The van der Waals surface area contributed by atoms with Crippen molar-refractivity contribution in [1.29, 1.82) is 0 Å². The number of ether oxygens (including phenoxy) is 2. The zero-order chi connectivity index (χ0) is 22.1. The van der Waals surface area contributed by atoms with E-state index in [9.17, 15) is 0 Å². The lowest BCUT2D eigenvalue weighted by Gasteiger charge is -2.16. The highest BCUT2D eigenvalue weighted by Crippen LogP contribution is 2.37. The van der Waals surface area contributed by atoms with Gasteiger partial charge >= 0.3 is 0 Å². The van der Waals surface area contributed by atoms with Crippen molar-refractivity contribution < 1.29 is 9.47 Å². The first-order valence-electron chi connectivity index (χ1n) is 10.3. The molecule has 0 saturated heterocycles. The zero-order valence-electron chi connectivity index (χ0n) is 18.5. The van der Waals surface area contributed by atoms with Crippen LogP contribution in [0.25, 0.3) is 0 Å². The molecule has 3 aromatic rings. The number of hydrogen-bond donors (Lipinski definition) is 1. The Morgan fingerprint density at radius 1 is 1.12 bits per heavy atom. The molecule has 174 valence electrons. The van der Waals surface area contributed by atoms with Crippen LogP contribution in [0.1, 0.15) is 30.0 Å². The predicted octanol–water partition coefficient (Wildman–Crippen LogP) is 4.95.